The smallest absolute Gasteiger partial charge is 0.333 e. The summed E-state index contributed by atoms with van der Waals surface area (Å²) in [6, 6.07) is 5.41. The highest BCUT2D eigenvalue weighted by atomic mass is 16.5. The number of imidazole rings is 1. The maximum absolute atomic E-state index is 13.8. The number of hydrogen-bond acceptors (Lipinski definition) is 9. The third-order valence-corrected chi connectivity index (χ3v) is 6.51. The Morgan fingerprint density at radius 1 is 1.19 bits per heavy atom. The van der Waals surface area contributed by atoms with Crippen LogP contribution < -0.4 is 21.9 Å². The third kappa shape index (κ3) is 4.13. The molecule has 1 aliphatic heterocycles. The highest BCUT2D eigenvalue weighted by Gasteiger charge is 2.27. The van der Waals surface area contributed by atoms with E-state index >= 15 is 0 Å². The van der Waals surface area contributed by atoms with Gasteiger partial charge < -0.3 is 19.9 Å². The van der Waals surface area contributed by atoms with Gasteiger partial charge in [-0.15, -0.1) is 0 Å². The number of methoxy groups -OCH3 is 1. The number of carbonyl (C=O) groups excluding carboxylic acids is 1. The lowest BCUT2D eigenvalue weighted by molar-refractivity contribution is -0.141. The lowest BCUT2D eigenvalue weighted by Crippen LogP contribution is -2.44. The molecule has 2 N–H and O–H groups in total. The fraction of sp³-hybridized carbons (Fsp3) is 0.417. The van der Waals surface area contributed by atoms with Gasteiger partial charge in [-0.2, -0.15) is 4.98 Å². The van der Waals surface area contributed by atoms with E-state index in [1.165, 1.54) is 11.7 Å². The summed E-state index contributed by atoms with van der Waals surface area (Å²) in [5, 5.41) is 0. The van der Waals surface area contributed by atoms with Crippen molar-refractivity contribution in [3.8, 4) is 0 Å². The van der Waals surface area contributed by atoms with Gasteiger partial charge in [-0.25, -0.2) is 4.79 Å². The number of piperidine rings is 1. The summed E-state index contributed by atoms with van der Waals surface area (Å²) >= 11 is 0. The van der Waals surface area contributed by atoms with Gasteiger partial charge in [0.15, 0.2) is 11.2 Å². The van der Waals surface area contributed by atoms with Crippen LogP contribution in [0.15, 0.2) is 40.2 Å². The molecule has 1 aliphatic rings. The number of rotatable bonds is 6. The van der Waals surface area contributed by atoms with Crippen LogP contribution in [0.2, 0.25) is 0 Å². The SMILES string of the molecule is CCn1c(N2CCCC(N)C2)nc2c1c(=O)n(Cc1cnc3cccnc3c1)c(=O)n2CC(=O)OC. The van der Waals surface area contributed by atoms with Crippen molar-refractivity contribution in [2.45, 2.75) is 45.4 Å². The molecule has 188 valence electrons. The highest BCUT2D eigenvalue weighted by molar-refractivity contribution is 5.77. The molecule has 12 nitrogen and oxygen atoms in total. The molecule has 0 aliphatic carbocycles. The Hall–Kier alpha value is -4.06. The van der Waals surface area contributed by atoms with Gasteiger partial charge in [0.1, 0.15) is 6.54 Å². The van der Waals surface area contributed by atoms with E-state index in [1.807, 2.05) is 17.9 Å². The Bertz CT molecular complexity index is 1570. The summed E-state index contributed by atoms with van der Waals surface area (Å²) in [6.07, 6.45) is 5.08. The molecule has 4 aromatic heterocycles. The topological polar surface area (TPSA) is 143 Å². The predicted molar refractivity (Wildman–Crippen MR) is 134 cm³/mol. The first-order valence-electron chi connectivity index (χ1n) is 11.9. The summed E-state index contributed by atoms with van der Waals surface area (Å²) in [5.41, 5.74) is 7.46. The van der Waals surface area contributed by atoms with E-state index in [0.717, 1.165) is 24.0 Å². The minimum absolute atomic E-state index is 0.00759. The number of aromatic nitrogens is 6. The van der Waals surface area contributed by atoms with Crippen molar-refractivity contribution in [3.05, 3.63) is 57.0 Å². The Labute approximate surface area is 205 Å². The minimum Gasteiger partial charge on any atom is -0.468 e. The number of nitrogens with zero attached hydrogens (tertiary/aromatic N) is 7. The van der Waals surface area contributed by atoms with Crippen LogP contribution in [0.1, 0.15) is 25.3 Å². The van der Waals surface area contributed by atoms with Crippen LogP contribution in [0, 0.1) is 0 Å². The molecule has 0 spiro atoms. The Kier molecular flexibility index (Phi) is 6.27. The number of anilines is 1. The summed E-state index contributed by atoms with van der Waals surface area (Å²) in [6.45, 7) is 3.28. The van der Waals surface area contributed by atoms with Crippen molar-refractivity contribution in [3.63, 3.8) is 0 Å². The fourth-order valence-corrected chi connectivity index (χ4v) is 4.75. The molecule has 12 heteroatoms. The number of pyridine rings is 2. The van der Waals surface area contributed by atoms with Gasteiger partial charge in [-0.05, 0) is 43.5 Å². The second kappa shape index (κ2) is 9.53. The number of hydrogen-bond donors (Lipinski definition) is 1. The second-order valence-corrected chi connectivity index (χ2v) is 8.90. The van der Waals surface area contributed by atoms with Crippen molar-refractivity contribution in [2.24, 2.45) is 5.73 Å². The van der Waals surface area contributed by atoms with Gasteiger partial charge in [-0.3, -0.25) is 28.7 Å². The van der Waals surface area contributed by atoms with E-state index in [2.05, 4.69) is 9.97 Å². The monoisotopic (exact) mass is 492 g/mol. The van der Waals surface area contributed by atoms with E-state index in [-0.39, 0.29) is 30.3 Å². The molecular formula is C24H28N8O4. The molecule has 36 heavy (non-hydrogen) atoms. The molecule has 4 aromatic rings. The zero-order valence-corrected chi connectivity index (χ0v) is 20.3. The van der Waals surface area contributed by atoms with Crippen molar-refractivity contribution < 1.29 is 9.53 Å². The first kappa shape index (κ1) is 23.7. The average molecular weight is 493 g/mol. The standard InChI is InChI=1S/C24H28N8O4/c1-3-30-20-21(28-23(30)29-9-5-6-16(25)13-29)31(14-19(33)36-2)24(35)32(22(20)34)12-15-10-18-17(27-11-15)7-4-8-26-18/h4,7-8,10-11,16H,3,5-6,9,12-14,25H2,1-2H3. The molecule has 0 aromatic carbocycles. The summed E-state index contributed by atoms with van der Waals surface area (Å²) in [4.78, 5) is 55.0. The average Bonchev–Trinajstić information content (AvgIpc) is 3.28. The second-order valence-electron chi connectivity index (χ2n) is 8.90. The fourth-order valence-electron chi connectivity index (χ4n) is 4.75. The van der Waals surface area contributed by atoms with Gasteiger partial charge in [0.25, 0.3) is 5.56 Å². The van der Waals surface area contributed by atoms with Crippen LogP contribution in [-0.2, 0) is 29.2 Å². The molecule has 0 radical (unpaired) electrons. The summed E-state index contributed by atoms with van der Waals surface area (Å²) < 4.78 is 8.92. The molecule has 1 atom stereocenters. The number of esters is 1. The molecule has 1 saturated heterocycles. The highest BCUT2D eigenvalue weighted by Crippen LogP contribution is 2.23. The van der Waals surface area contributed by atoms with Crippen LogP contribution in [0.25, 0.3) is 22.2 Å². The maximum Gasteiger partial charge on any atom is 0.333 e. The van der Waals surface area contributed by atoms with Crippen molar-refractivity contribution in [1.82, 2.24) is 28.7 Å². The molecule has 5 rings (SSSR count). The van der Waals surface area contributed by atoms with E-state index in [0.29, 0.717) is 35.6 Å². The van der Waals surface area contributed by atoms with Crippen molar-refractivity contribution in [1.29, 1.82) is 0 Å². The van der Waals surface area contributed by atoms with Crippen LogP contribution >= 0.6 is 0 Å². The lowest BCUT2D eigenvalue weighted by atomic mass is 10.1. The number of aryl methyl sites for hydroxylation is 1. The Balaban J connectivity index is 1.71. The molecule has 1 fully saturated rings. The molecular weight excluding hydrogens is 464 g/mol. The van der Waals surface area contributed by atoms with E-state index in [4.69, 9.17) is 15.5 Å². The number of fused-ring (bicyclic) bond motifs is 2. The van der Waals surface area contributed by atoms with Crippen LogP contribution in [-0.4, -0.2) is 60.9 Å². The van der Waals surface area contributed by atoms with Crippen LogP contribution in [0.5, 0.6) is 0 Å². The van der Waals surface area contributed by atoms with Crippen LogP contribution in [0.4, 0.5) is 5.95 Å². The van der Waals surface area contributed by atoms with Gasteiger partial charge in [0, 0.05) is 38.1 Å². The summed E-state index contributed by atoms with van der Waals surface area (Å²) in [5.74, 6) is -0.0557. The summed E-state index contributed by atoms with van der Waals surface area (Å²) in [7, 11) is 1.25. The van der Waals surface area contributed by atoms with Crippen molar-refractivity contribution >= 4 is 34.1 Å². The Morgan fingerprint density at radius 3 is 2.78 bits per heavy atom. The largest absolute Gasteiger partial charge is 0.468 e. The molecule has 0 bridgehead atoms. The minimum atomic E-state index is -0.651. The van der Waals surface area contributed by atoms with Gasteiger partial charge >= 0.3 is 11.7 Å². The van der Waals surface area contributed by atoms with Gasteiger partial charge in [0.2, 0.25) is 5.95 Å². The normalized spacial score (nSPS) is 16.1. The molecule has 0 amide bonds. The zero-order chi connectivity index (χ0) is 25.4. The lowest BCUT2D eigenvalue weighted by Gasteiger charge is -2.31. The zero-order valence-electron chi connectivity index (χ0n) is 20.3. The van der Waals surface area contributed by atoms with E-state index in [9.17, 15) is 14.4 Å². The van der Waals surface area contributed by atoms with Crippen molar-refractivity contribution in [2.75, 3.05) is 25.1 Å². The Morgan fingerprint density at radius 2 is 2.03 bits per heavy atom. The van der Waals surface area contributed by atoms with Crippen LogP contribution in [0.3, 0.4) is 0 Å². The molecule has 1 unspecified atom stereocenters. The van der Waals surface area contributed by atoms with Gasteiger partial charge in [0.05, 0.1) is 24.7 Å². The number of ether oxygens (including phenoxy) is 1. The van der Waals surface area contributed by atoms with E-state index < -0.39 is 17.2 Å². The number of carbonyl (C=O) groups is 1. The third-order valence-electron chi connectivity index (χ3n) is 6.51. The molecule has 0 saturated carbocycles. The molecule has 5 heterocycles. The first-order chi connectivity index (χ1) is 17.4. The van der Waals surface area contributed by atoms with Gasteiger partial charge in [-0.1, -0.05) is 0 Å². The van der Waals surface area contributed by atoms with E-state index in [1.54, 1.807) is 29.1 Å². The number of nitrogens with two attached hydrogens (primary N) is 1. The predicted octanol–water partition coefficient (Wildman–Crippen LogP) is 0.472. The first-order valence-corrected chi connectivity index (χ1v) is 11.9. The quantitative estimate of drug-likeness (QED) is 0.380. The maximum atomic E-state index is 13.8.